The number of hydrogen-bond acceptors (Lipinski definition) is 10. The second-order valence-electron chi connectivity index (χ2n) is 12.1. The Morgan fingerprint density at radius 2 is 1.38 bits per heavy atom. The van der Waals surface area contributed by atoms with Gasteiger partial charge in [-0.1, -0.05) is 60.7 Å². The van der Waals surface area contributed by atoms with Gasteiger partial charge in [-0.25, -0.2) is 20.2 Å². The average Bonchev–Trinajstić information content (AvgIpc) is 3.71. The van der Waals surface area contributed by atoms with Crippen LogP contribution >= 0.6 is 73.4 Å². The molecule has 0 aliphatic carbocycles. The Bertz CT molecular complexity index is 1540. The molecule has 2 aromatic carbocycles. The van der Waals surface area contributed by atoms with Crippen LogP contribution in [0.3, 0.4) is 0 Å². The van der Waals surface area contributed by atoms with Crippen molar-refractivity contribution >= 4 is 103 Å². The van der Waals surface area contributed by atoms with Gasteiger partial charge < -0.3 is 39.2 Å². The Morgan fingerprint density at radius 3 is 1.87 bits per heavy atom. The fourth-order valence-corrected chi connectivity index (χ4v) is 5.90. The summed E-state index contributed by atoms with van der Waals surface area (Å²) in [6, 6.07) is 21.2. The molecule has 3 aromatic rings. The van der Waals surface area contributed by atoms with Crippen LogP contribution in [0.2, 0.25) is 0 Å². The summed E-state index contributed by atoms with van der Waals surface area (Å²) in [5, 5.41) is 7.39. The molecule has 14 nitrogen and oxygen atoms in total. The van der Waals surface area contributed by atoms with Gasteiger partial charge in [0.2, 0.25) is 0 Å². The maximum atomic E-state index is 12.4. The number of benzene rings is 2. The van der Waals surface area contributed by atoms with Crippen LogP contribution in [0.5, 0.6) is 0 Å². The number of aromatic nitrogens is 2. The summed E-state index contributed by atoms with van der Waals surface area (Å²) in [6.07, 6.45) is 3.11. The van der Waals surface area contributed by atoms with Crippen molar-refractivity contribution in [1.29, 1.82) is 0 Å². The van der Waals surface area contributed by atoms with Crippen molar-refractivity contribution < 1.29 is 28.6 Å². The predicted molar refractivity (Wildman–Crippen MR) is 237 cm³/mol. The highest BCUT2D eigenvalue weighted by atomic mass is 128. The minimum absolute atomic E-state index is 0. The second-order valence-corrected chi connectivity index (χ2v) is 12.5. The second kappa shape index (κ2) is 25.4. The van der Waals surface area contributed by atoms with E-state index in [1.165, 1.54) is 0 Å². The Kier molecular flexibility index (Phi) is 22.3. The number of hydrazine groups is 1. The molecular formula is C35H49I3N8O6S. The van der Waals surface area contributed by atoms with Crippen LogP contribution in [0.1, 0.15) is 54.2 Å². The number of hydrogen-bond donors (Lipinski definition) is 3. The summed E-state index contributed by atoms with van der Waals surface area (Å²) in [5.41, 5.74) is 4.74. The van der Waals surface area contributed by atoms with Gasteiger partial charge in [-0.15, -0.1) is 24.0 Å². The lowest BCUT2D eigenvalue weighted by Crippen LogP contribution is -2.53. The molecule has 3 heterocycles. The number of carbonyl (C=O) groups excluding carboxylic acids is 3. The molecule has 0 unspecified atom stereocenters. The van der Waals surface area contributed by atoms with Gasteiger partial charge >= 0.3 is 18.2 Å². The van der Waals surface area contributed by atoms with E-state index in [1.807, 2.05) is 84.6 Å². The molecule has 0 radical (unpaired) electrons. The minimum Gasteiger partial charge on any atom is -0.461 e. The van der Waals surface area contributed by atoms with Crippen molar-refractivity contribution in [2.24, 2.45) is 5.84 Å². The monoisotopic (exact) mass is 1090 g/mol. The number of rotatable bonds is 9. The van der Waals surface area contributed by atoms with E-state index in [-0.39, 0.29) is 54.9 Å². The van der Waals surface area contributed by atoms with E-state index in [1.54, 1.807) is 22.8 Å². The molecule has 0 bridgehead atoms. The molecule has 2 atom stereocenters. The summed E-state index contributed by atoms with van der Waals surface area (Å²) in [5.74, 6) is 5.57. The van der Waals surface area contributed by atoms with Crippen molar-refractivity contribution in [1.82, 2.24) is 30.3 Å². The van der Waals surface area contributed by atoms with Crippen molar-refractivity contribution in [3.05, 3.63) is 83.6 Å². The molecule has 53 heavy (non-hydrogen) atoms. The zero-order valence-electron chi connectivity index (χ0n) is 30.1. The number of halogens is 3. The predicted octanol–water partition coefficient (Wildman–Crippen LogP) is 6.68. The number of piperidine rings is 2. The molecule has 1 aromatic heterocycles. The van der Waals surface area contributed by atoms with Crippen LogP contribution in [0, 0.1) is 0 Å². The molecule has 2 fully saturated rings. The van der Waals surface area contributed by atoms with Crippen LogP contribution < -0.4 is 16.2 Å². The molecule has 2 saturated heterocycles. The average molecular weight is 1090 g/mol. The third-order valence-corrected chi connectivity index (χ3v) is 9.09. The number of likely N-dealkylation sites (N-methyl/N-ethyl adjacent to an activating group) is 2. The number of carbonyl (C=O) groups is 3. The van der Waals surface area contributed by atoms with Gasteiger partial charge in [0, 0.05) is 95.7 Å². The van der Waals surface area contributed by atoms with Gasteiger partial charge in [-0.05, 0) is 56.0 Å². The lowest BCUT2D eigenvalue weighted by atomic mass is 10.0. The zero-order chi connectivity index (χ0) is 37.9. The maximum Gasteiger partial charge on any atom is 0.410 e. The van der Waals surface area contributed by atoms with Crippen LogP contribution in [0.25, 0.3) is 0 Å². The Hall–Kier alpha value is -2.70. The van der Waals surface area contributed by atoms with E-state index in [9.17, 15) is 14.4 Å². The fraction of sp³-hybridized carbons (Fsp3) is 0.457. The molecule has 292 valence electrons. The van der Waals surface area contributed by atoms with E-state index >= 15 is 0 Å². The minimum atomic E-state index is -0.426. The molecule has 18 heteroatoms. The maximum absolute atomic E-state index is 12.4. The number of amides is 2. The van der Waals surface area contributed by atoms with Gasteiger partial charge in [0.25, 0.3) is 0 Å². The molecule has 0 spiro atoms. The van der Waals surface area contributed by atoms with Gasteiger partial charge in [0.05, 0.1) is 6.61 Å². The first-order valence-electron chi connectivity index (χ1n) is 16.9. The number of nitrogens with zero attached hydrogens (tertiary/aromatic N) is 5. The highest BCUT2D eigenvalue weighted by molar-refractivity contribution is 15.0. The normalized spacial score (nSPS) is 16.2. The first-order chi connectivity index (χ1) is 25.2. The summed E-state index contributed by atoms with van der Waals surface area (Å²) in [4.78, 5) is 43.8. The highest BCUT2D eigenvalue weighted by Crippen LogP contribution is 2.22. The molecule has 0 saturated carbocycles. The van der Waals surface area contributed by atoms with E-state index < -0.39 is 5.97 Å². The van der Waals surface area contributed by atoms with Crippen molar-refractivity contribution in [2.45, 2.75) is 57.9 Å². The molecular weight excluding hydrogens is 1040 g/mol. The quantitative estimate of drug-likeness (QED) is 0.0523. The van der Waals surface area contributed by atoms with Crippen molar-refractivity contribution in [3.8, 4) is 0 Å². The van der Waals surface area contributed by atoms with E-state index in [2.05, 4.69) is 52.9 Å². The highest BCUT2D eigenvalue weighted by Gasteiger charge is 2.30. The van der Waals surface area contributed by atoms with Crippen molar-refractivity contribution in [2.75, 3.05) is 51.8 Å². The van der Waals surface area contributed by atoms with Crippen molar-refractivity contribution in [3.63, 3.8) is 0 Å². The molecule has 2 aliphatic rings. The lowest BCUT2D eigenvalue weighted by Gasteiger charge is -2.37. The fourth-order valence-electron chi connectivity index (χ4n) is 5.75. The van der Waals surface area contributed by atoms with Crippen LogP contribution in [-0.2, 0) is 27.4 Å². The summed E-state index contributed by atoms with van der Waals surface area (Å²) in [6.45, 7) is 5.14. The van der Waals surface area contributed by atoms with Crippen LogP contribution in [-0.4, -0.2) is 107 Å². The Labute approximate surface area is 357 Å². The number of likely N-dealkylation sites (tertiary alicyclic amines) is 2. The Morgan fingerprint density at radius 1 is 0.887 bits per heavy atom. The smallest absolute Gasteiger partial charge is 0.410 e. The van der Waals surface area contributed by atoms with Gasteiger partial charge in [-0.3, -0.25) is 5.10 Å². The number of ether oxygens (including phenoxy) is 3. The number of nitrogens with one attached hydrogen (secondary N) is 2. The number of anilines is 1. The van der Waals surface area contributed by atoms with Gasteiger partial charge in [-0.2, -0.15) is 5.10 Å². The van der Waals surface area contributed by atoms with Crippen LogP contribution in [0.15, 0.2) is 66.7 Å². The lowest BCUT2D eigenvalue weighted by molar-refractivity contribution is 0.0519. The number of esters is 1. The molecule has 2 aliphatic heterocycles. The topological polar surface area (TPSA) is 159 Å². The summed E-state index contributed by atoms with van der Waals surface area (Å²) >= 11 is 9.37. The molecule has 2 amide bonds. The molecule has 5 rings (SSSR count). The standard InChI is InChI=1S/C20H26N4O4.C15H22N4O2S.I2.HI/c1-3-27-19(25)17-12-18(22-21-17)23(2)16-10-7-11-24(13-16)20(26)28-14-15-8-5-4-6-9-15;1-18(14(22)17-16)13-8-5-9-19(10-13)15(20)21-11-12-6-3-2-4-7-12;1-2;/h4-6,8-9,12,16H,3,7,10-11,13-14H2,1-2H3,(H,21,22);2-4,6-7,13H,5,8-11,16H2,1H3,(H,17,22);;1H/t16-;13-;;/m00../s1. The summed E-state index contributed by atoms with van der Waals surface area (Å²) < 4.78 is 15.8. The van der Waals surface area contributed by atoms with E-state index in [4.69, 9.17) is 32.3 Å². The number of nitrogens with two attached hydrogens (primary N) is 1. The van der Waals surface area contributed by atoms with E-state index in [0.29, 0.717) is 56.0 Å². The molecule has 4 N–H and O–H groups in total. The number of H-pyrrole nitrogens is 1. The van der Waals surface area contributed by atoms with Gasteiger partial charge in [0.15, 0.2) is 10.9 Å². The third kappa shape index (κ3) is 15.2. The zero-order valence-corrected chi connectivity index (χ0v) is 37.6. The largest absolute Gasteiger partial charge is 0.461 e. The van der Waals surface area contributed by atoms with Crippen LogP contribution in [0.4, 0.5) is 15.4 Å². The SMILES string of the molecule is CCOC(=O)c1cc(N(C)[C@H]2CCCN(C(=O)OCc3ccccc3)C2)n[nH]1.CN(C(=S)NN)[C@H]1CCCN(C(=O)OCc2ccccc2)C1.I.II. The van der Waals surface area contributed by atoms with Gasteiger partial charge in [0.1, 0.15) is 18.9 Å². The number of aromatic amines is 1. The Balaban J connectivity index is 0.000000353. The number of thiocarbonyl (C=S) groups is 1. The first kappa shape index (κ1) is 46.5. The third-order valence-electron chi connectivity index (χ3n) is 8.68. The van der Waals surface area contributed by atoms with E-state index in [0.717, 1.165) is 36.8 Å². The summed E-state index contributed by atoms with van der Waals surface area (Å²) in [7, 11) is 3.79. The first-order valence-corrected chi connectivity index (χ1v) is 23.6.